The Hall–Kier alpha value is -2.85. The molecule has 0 saturated carbocycles. The first-order valence-electron chi connectivity index (χ1n) is 11.5. The Labute approximate surface area is 207 Å². The number of anilines is 1. The summed E-state index contributed by atoms with van der Waals surface area (Å²) in [7, 11) is 1.82. The Morgan fingerprint density at radius 3 is 2.60 bits per heavy atom. The number of fused-ring (bicyclic) bond motifs is 2. The van der Waals surface area contributed by atoms with E-state index in [4.69, 9.17) is 0 Å². The van der Waals surface area contributed by atoms with Gasteiger partial charge in [0.05, 0.1) is 29.0 Å². The number of aromatic nitrogens is 4. The van der Waals surface area contributed by atoms with Gasteiger partial charge in [-0.2, -0.15) is 0 Å². The van der Waals surface area contributed by atoms with Crippen LogP contribution in [0.15, 0.2) is 41.7 Å². The van der Waals surface area contributed by atoms with E-state index in [0.717, 1.165) is 12.8 Å². The molecule has 0 spiro atoms. The van der Waals surface area contributed by atoms with E-state index >= 15 is 4.39 Å². The molecule has 1 aromatic carbocycles. The van der Waals surface area contributed by atoms with Gasteiger partial charge in [-0.05, 0) is 63.1 Å². The second-order valence-electron chi connectivity index (χ2n) is 9.97. The standard InChI is InChI=1S/C25H28F2N6OS/c1-24-7-8-25(2,32-24)22(27)18(11-24)33(3)20-13-29-23(31-30-20)15-6-5-14(9-19(15)34)16-10-21(35-4)28-12-17(16)26/h5-6,9-10,12-13,18,22,32,34H,7-8,11H2,1-4H3/t18-,22-,24-,25+/m0/s1. The number of hydrogen-bond donors (Lipinski definition) is 2. The lowest BCUT2D eigenvalue weighted by Crippen LogP contribution is -2.65. The second-order valence-corrected chi connectivity index (χ2v) is 10.8. The summed E-state index contributed by atoms with van der Waals surface area (Å²) in [6.07, 6.45) is 5.93. The zero-order chi connectivity index (χ0) is 25.0. The van der Waals surface area contributed by atoms with Gasteiger partial charge < -0.3 is 15.3 Å². The molecule has 0 unspecified atom stereocenters. The van der Waals surface area contributed by atoms with Crippen LogP contribution in [-0.4, -0.2) is 61.9 Å². The zero-order valence-electron chi connectivity index (χ0n) is 20.1. The predicted molar refractivity (Wildman–Crippen MR) is 133 cm³/mol. The SMILES string of the molecule is CSc1cc(-c2ccc(-c3ncc(N(C)[C@H]4C[C@]5(C)CC[C@@](C)(N5)[C@H]4F)nn3)c(O)c2)c(F)cn1. The minimum absolute atomic E-state index is 0.0908. The largest absolute Gasteiger partial charge is 0.507 e. The number of nitrogens with zero attached hydrogens (tertiary/aromatic N) is 5. The lowest BCUT2D eigenvalue weighted by atomic mass is 9.82. The maximum Gasteiger partial charge on any atom is 0.185 e. The normalized spacial score (nSPS) is 27.7. The van der Waals surface area contributed by atoms with Gasteiger partial charge in [0.25, 0.3) is 0 Å². The first-order chi connectivity index (χ1) is 16.6. The van der Waals surface area contributed by atoms with Crippen LogP contribution in [0.25, 0.3) is 22.5 Å². The molecule has 184 valence electrons. The molecule has 35 heavy (non-hydrogen) atoms. The van der Waals surface area contributed by atoms with Gasteiger partial charge in [0.15, 0.2) is 11.6 Å². The summed E-state index contributed by atoms with van der Waals surface area (Å²) < 4.78 is 29.8. The van der Waals surface area contributed by atoms with Gasteiger partial charge in [-0.1, -0.05) is 6.07 Å². The fraction of sp³-hybridized carbons (Fsp3) is 0.440. The van der Waals surface area contributed by atoms with Crippen molar-refractivity contribution in [2.24, 2.45) is 0 Å². The van der Waals surface area contributed by atoms with Crippen molar-refractivity contribution in [1.29, 1.82) is 0 Å². The highest BCUT2D eigenvalue weighted by molar-refractivity contribution is 7.98. The maximum atomic E-state index is 15.4. The van der Waals surface area contributed by atoms with Gasteiger partial charge in [0, 0.05) is 23.7 Å². The van der Waals surface area contributed by atoms with E-state index in [0.29, 0.717) is 34.0 Å². The average molecular weight is 499 g/mol. The zero-order valence-corrected chi connectivity index (χ0v) is 20.9. The second kappa shape index (κ2) is 8.67. The van der Waals surface area contributed by atoms with Crippen molar-refractivity contribution in [3.63, 3.8) is 0 Å². The summed E-state index contributed by atoms with van der Waals surface area (Å²) in [6.45, 7) is 4.09. The van der Waals surface area contributed by atoms with Crippen molar-refractivity contribution in [3.8, 4) is 28.3 Å². The minimum atomic E-state index is -1.05. The number of piperidine rings is 1. The minimum Gasteiger partial charge on any atom is -0.507 e. The van der Waals surface area contributed by atoms with E-state index in [1.54, 1.807) is 24.4 Å². The number of halogens is 2. The van der Waals surface area contributed by atoms with Crippen LogP contribution in [0.4, 0.5) is 14.6 Å². The van der Waals surface area contributed by atoms with Crippen LogP contribution >= 0.6 is 11.8 Å². The molecule has 2 N–H and O–H groups in total. The van der Waals surface area contributed by atoms with Crippen molar-refractivity contribution in [3.05, 3.63) is 42.5 Å². The number of nitrogens with one attached hydrogen (secondary N) is 1. The lowest BCUT2D eigenvalue weighted by Gasteiger charge is -2.47. The molecule has 0 aliphatic carbocycles. The summed E-state index contributed by atoms with van der Waals surface area (Å²) in [5.41, 5.74) is 0.586. The molecular weight excluding hydrogens is 470 g/mol. The molecular formula is C25H28F2N6OS. The van der Waals surface area contributed by atoms with Crippen LogP contribution in [0.1, 0.15) is 33.1 Å². The molecule has 2 fully saturated rings. The third kappa shape index (κ3) is 4.23. The van der Waals surface area contributed by atoms with E-state index in [2.05, 4.69) is 32.4 Å². The van der Waals surface area contributed by atoms with Crippen molar-refractivity contribution in [2.45, 2.75) is 61.4 Å². The quantitative estimate of drug-likeness (QED) is 0.493. The molecule has 7 nitrogen and oxygen atoms in total. The van der Waals surface area contributed by atoms with Crippen LogP contribution in [0.2, 0.25) is 0 Å². The van der Waals surface area contributed by atoms with Gasteiger partial charge >= 0.3 is 0 Å². The van der Waals surface area contributed by atoms with Crippen LogP contribution in [0, 0.1) is 5.82 Å². The van der Waals surface area contributed by atoms with E-state index < -0.39 is 17.5 Å². The number of hydrogen-bond acceptors (Lipinski definition) is 8. The fourth-order valence-corrected chi connectivity index (χ4v) is 5.79. The molecule has 2 aliphatic rings. The van der Waals surface area contributed by atoms with Crippen molar-refractivity contribution < 1.29 is 13.9 Å². The van der Waals surface area contributed by atoms with Gasteiger partial charge in [-0.3, -0.25) is 0 Å². The number of benzene rings is 1. The monoisotopic (exact) mass is 498 g/mol. The number of aromatic hydroxyl groups is 1. The fourth-order valence-electron chi connectivity index (χ4n) is 5.40. The maximum absolute atomic E-state index is 15.4. The van der Waals surface area contributed by atoms with Crippen LogP contribution < -0.4 is 10.2 Å². The van der Waals surface area contributed by atoms with E-state index in [1.165, 1.54) is 24.0 Å². The molecule has 4 atom stereocenters. The van der Waals surface area contributed by atoms with Crippen molar-refractivity contribution in [2.75, 3.05) is 18.2 Å². The average Bonchev–Trinajstić information content (AvgIpc) is 3.13. The van der Waals surface area contributed by atoms with Crippen molar-refractivity contribution in [1.82, 2.24) is 25.5 Å². The Morgan fingerprint density at radius 2 is 1.91 bits per heavy atom. The van der Waals surface area contributed by atoms with Gasteiger partial charge in [0.2, 0.25) is 0 Å². The smallest absolute Gasteiger partial charge is 0.185 e. The number of alkyl halides is 1. The predicted octanol–water partition coefficient (Wildman–Crippen LogP) is 4.61. The number of phenols is 1. The Balaban J connectivity index is 1.38. The Bertz CT molecular complexity index is 1260. The number of rotatable bonds is 5. The molecule has 0 radical (unpaired) electrons. The van der Waals surface area contributed by atoms with Gasteiger partial charge in [-0.25, -0.2) is 18.7 Å². The molecule has 10 heteroatoms. The Morgan fingerprint density at radius 1 is 1.11 bits per heavy atom. The molecule has 0 amide bonds. The van der Waals surface area contributed by atoms with Gasteiger partial charge in [0.1, 0.15) is 17.7 Å². The summed E-state index contributed by atoms with van der Waals surface area (Å²) in [4.78, 5) is 10.2. The Kier molecular flexibility index (Phi) is 5.91. The molecule has 5 rings (SSSR count). The summed E-state index contributed by atoms with van der Waals surface area (Å²) in [6, 6.07) is 6.10. The van der Waals surface area contributed by atoms with E-state index in [-0.39, 0.29) is 23.2 Å². The molecule has 3 aromatic rings. The number of phenolic OH excluding ortho intramolecular Hbond substituents is 1. The van der Waals surface area contributed by atoms with Gasteiger partial charge in [-0.15, -0.1) is 22.0 Å². The molecule has 2 aliphatic heterocycles. The van der Waals surface area contributed by atoms with Crippen molar-refractivity contribution >= 4 is 17.6 Å². The molecule has 2 aromatic heterocycles. The molecule has 4 heterocycles. The number of thioether (sulfide) groups is 1. The highest BCUT2D eigenvalue weighted by Gasteiger charge is 2.56. The highest BCUT2D eigenvalue weighted by atomic mass is 32.2. The van der Waals surface area contributed by atoms with E-state index in [1.807, 2.05) is 25.1 Å². The van der Waals surface area contributed by atoms with Crippen LogP contribution in [0.3, 0.4) is 0 Å². The third-order valence-corrected chi connectivity index (χ3v) is 8.03. The first-order valence-corrected chi connectivity index (χ1v) is 12.7. The molecule has 2 bridgehead atoms. The summed E-state index contributed by atoms with van der Waals surface area (Å²) >= 11 is 1.41. The topological polar surface area (TPSA) is 87.1 Å². The summed E-state index contributed by atoms with van der Waals surface area (Å²) in [5.74, 6) is 0.133. The van der Waals surface area contributed by atoms with Crippen LogP contribution in [-0.2, 0) is 0 Å². The highest BCUT2D eigenvalue weighted by Crippen LogP contribution is 2.45. The van der Waals surface area contributed by atoms with E-state index in [9.17, 15) is 9.50 Å². The number of pyridine rings is 1. The lowest BCUT2D eigenvalue weighted by molar-refractivity contribution is 0.0859. The molecule has 2 saturated heterocycles. The summed E-state index contributed by atoms with van der Waals surface area (Å²) in [5, 5.41) is 23.3. The third-order valence-electron chi connectivity index (χ3n) is 7.39. The first kappa shape index (κ1) is 23.9. The van der Waals surface area contributed by atoms with Crippen LogP contribution in [0.5, 0.6) is 5.75 Å².